The predicted molar refractivity (Wildman–Crippen MR) is 80.6 cm³/mol. The highest BCUT2D eigenvalue weighted by Gasteiger charge is 2.08. The van der Waals surface area contributed by atoms with Crippen LogP contribution in [0.3, 0.4) is 0 Å². The molecule has 0 atom stereocenters. The van der Waals surface area contributed by atoms with Gasteiger partial charge in [-0.3, -0.25) is 15.1 Å². The van der Waals surface area contributed by atoms with Gasteiger partial charge < -0.3 is 4.74 Å². The molecule has 0 saturated carbocycles. The minimum Gasteiger partial charge on any atom is -0.462 e. The van der Waals surface area contributed by atoms with Crippen molar-refractivity contribution in [3.05, 3.63) is 57.0 Å². The Balaban J connectivity index is 2.07. The molecule has 0 amide bonds. The van der Waals surface area contributed by atoms with E-state index in [1.165, 1.54) is 6.07 Å². The van der Waals surface area contributed by atoms with Gasteiger partial charge in [-0.05, 0) is 37.3 Å². The number of thiophene rings is 1. The molecule has 108 valence electrons. The second kappa shape index (κ2) is 6.76. The quantitative estimate of drug-likeness (QED) is 0.366. The highest BCUT2D eigenvalue weighted by molar-refractivity contribution is 7.16. The first kappa shape index (κ1) is 14.9. The number of hydrogen-bond donors (Lipinski definition) is 0. The lowest BCUT2D eigenvalue weighted by Crippen LogP contribution is -2.03. The fourth-order valence-electron chi connectivity index (χ4n) is 1.55. The van der Waals surface area contributed by atoms with Crippen LogP contribution in [-0.2, 0) is 4.74 Å². The number of carbonyl (C=O) groups excluding carboxylic acids is 1. The lowest BCUT2D eigenvalue weighted by atomic mass is 10.2. The molecule has 21 heavy (non-hydrogen) atoms. The Kier molecular flexibility index (Phi) is 4.78. The van der Waals surface area contributed by atoms with Gasteiger partial charge in [0.2, 0.25) is 0 Å². The normalized spacial score (nSPS) is 10.7. The lowest BCUT2D eigenvalue weighted by molar-refractivity contribution is -0.380. The molecule has 1 aromatic carbocycles. The fourth-order valence-corrected chi connectivity index (χ4v) is 2.24. The third-order valence-electron chi connectivity index (χ3n) is 2.51. The molecule has 1 heterocycles. The van der Waals surface area contributed by atoms with Crippen molar-refractivity contribution in [3.63, 3.8) is 0 Å². The topological polar surface area (TPSA) is 81.8 Å². The third kappa shape index (κ3) is 3.96. The average molecular weight is 304 g/mol. The summed E-state index contributed by atoms with van der Waals surface area (Å²) in [6, 6.07) is 9.70. The van der Waals surface area contributed by atoms with E-state index in [2.05, 4.69) is 4.99 Å². The van der Waals surface area contributed by atoms with Gasteiger partial charge in [-0.25, -0.2) is 4.79 Å². The maximum Gasteiger partial charge on any atom is 0.338 e. The molecule has 0 fully saturated rings. The summed E-state index contributed by atoms with van der Waals surface area (Å²) in [5.41, 5.74) is 1.11. The van der Waals surface area contributed by atoms with Crippen molar-refractivity contribution < 1.29 is 14.5 Å². The molecule has 2 rings (SSSR count). The van der Waals surface area contributed by atoms with Gasteiger partial charge in [0, 0.05) is 12.3 Å². The summed E-state index contributed by atoms with van der Waals surface area (Å²) < 4.78 is 4.88. The van der Waals surface area contributed by atoms with Gasteiger partial charge in [-0.15, -0.1) is 0 Å². The van der Waals surface area contributed by atoms with E-state index >= 15 is 0 Å². The maximum atomic E-state index is 11.5. The molecule has 2 aromatic rings. The van der Waals surface area contributed by atoms with Crippen LogP contribution in [0.4, 0.5) is 10.7 Å². The van der Waals surface area contributed by atoms with Gasteiger partial charge in [-0.1, -0.05) is 11.3 Å². The van der Waals surface area contributed by atoms with Crippen molar-refractivity contribution in [2.45, 2.75) is 6.92 Å². The van der Waals surface area contributed by atoms with E-state index < -0.39 is 4.92 Å². The van der Waals surface area contributed by atoms with E-state index in [1.54, 1.807) is 43.5 Å². The number of carbonyl (C=O) groups is 1. The van der Waals surface area contributed by atoms with E-state index in [0.29, 0.717) is 22.7 Å². The highest BCUT2D eigenvalue weighted by atomic mass is 32.1. The Morgan fingerprint density at radius 3 is 2.62 bits per heavy atom. The Morgan fingerprint density at radius 2 is 2.05 bits per heavy atom. The van der Waals surface area contributed by atoms with Crippen molar-refractivity contribution in [1.82, 2.24) is 0 Å². The number of aliphatic imine (C=N–C) groups is 1. The standard InChI is InChI=1S/C14H12N2O4S/c1-2-20-14(17)10-3-5-11(6-4-10)15-9-12-7-8-13(21-12)16(18)19/h3-9H,2H2,1H3. The Morgan fingerprint density at radius 1 is 1.33 bits per heavy atom. The minimum atomic E-state index is -0.434. The second-order valence-electron chi connectivity index (χ2n) is 3.96. The molecule has 0 aliphatic rings. The number of nitrogens with zero attached hydrogens (tertiary/aromatic N) is 2. The molecule has 0 aliphatic carbocycles. The van der Waals surface area contributed by atoms with Gasteiger partial charge in [-0.2, -0.15) is 0 Å². The fraction of sp³-hybridized carbons (Fsp3) is 0.143. The van der Waals surface area contributed by atoms with E-state index in [9.17, 15) is 14.9 Å². The van der Waals surface area contributed by atoms with Crippen molar-refractivity contribution in [3.8, 4) is 0 Å². The number of hydrogen-bond acceptors (Lipinski definition) is 6. The number of rotatable bonds is 5. The number of benzene rings is 1. The van der Waals surface area contributed by atoms with E-state index in [-0.39, 0.29) is 11.0 Å². The number of nitro groups is 1. The summed E-state index contributed by atoms with van der Waals surface area (Å²) in [5, 5.41) is 10.6. The Bertz CT molecular complexity index is 677. The van der Waals surface area contributed by atoms with Crippen LogP contribution in [0, 0.1) is 10.1 Å². The monoisotopic (exact) mass is 304 g/mol. The van der Waals surface area contributed by atoms with Gasteiger partial charge in [0.25, 0.3) is 0 Å². The van der Waals surface area contributed by atoms with Crippen LogP contribution in [0.2, 0.25) is 0 Å². The number of esters is 1. The zero-order valence-corrected chi connectivity index (χ0v) is 12.0. The molecule has 0 saturated heterocycles. The first-order valence-electron chi connectivity index (χ1n) is 6.15. The average Bonchev–Trinajstić information content (AvgIpc) is 2.95. The van der Waals surface area contributed by atoms with Crippen molar-refractivity contribution in [2.24, 2.45) is 4.99 Å². The first-order chi connectivity index (χ1) is 10.1. The van der Waals surface area contributed by atoms with Crippen LogP contribution < -0.4 is 0 Å². The molecule has 1 aromatic heterocycles. The lowest BCUT2D eigenvalue weighted by Gasteiger charge is -2.01. The third-order valence-corrected chi connectivity index (χ3v) is 3.48. The zero-order chi connectivity index (χ0) is 15.2. The number of ether oxygens (including phenoxy) is 1. The first-order valence-corrected chi connectivity index (χ1v) is 6.97. The summed E-state index contributed by atoms with van der Waals surface area (Å²) in [7, 11) is 0. The van der Waals surface area contributed by atoms with Crippen LogP contribution >= 0.6 is 11.3 Å². The van der Waals surface area contributed by atoms with Crippen molar-refractivity contribution in [2.75, 3.05) is 6.61 Å². The van der Waals surface area contributed by atoms with E-state index in [0.717, 1.165) is 11.3 Å². The SMILES string of the molecule is CCOC(=O)c1ccc(N=Cc2ccc([N+](=O)[O-])s2)cc1. The minimum absolute atomic E-state index is 0.0779. The second-order valence-corrected chi connectivity index (χ2v) is 5.05. The van der Waals surface area contributed by atoms with Crippen molar-refractivity contribution >= 4 is 34.2 Å². The predicted octanol–water partition coefficient (Wildman–Crippen LogP) is 3.58. The molecule has 0 aliphatic heterocycles. The molecule has 6 nitrogen and oxygen atoms in total. The van der Waals surface area contributed by atoms with E-state index in [1.807, 2.05) is 0 Å². The molecular formula is C14H12N2O4S. The summed E-state index contributed by atoms with van der Waals surface area (Å²) in [6.07, 6.45) is 1.55. The summed E-state index contributed by atoms with van der Waals surface area (Å²) in [5.74, 6) is -0.373. The Hall–Kier alpha value is -2.54. The molecule has 0 unspecified atom stereocenters. The van der Waals surface area contributed by atoms with Crippen LogP contribution in [0.25, 0.3) is 0 Å². The van der Waals surface area contributed by atoms with Gasteiger partial charge in [0.05, 0.1) is 27.7 Å². The molecule has 7 heteroatoms. The van der Waals surface area contributed by atoms with Crippen LogP contribution in [0.5, 0.6) is 0 Å². The van der Waals surface area contributed by atoms with Gasteiger partial charge in [0.1, 0.15) is 0 Å². The largest absolute Gasteiger partial charge is 0.462 e. The maximum absolute atomic E-state index is 11.5. The molecule has 0 N–H and O–H groups in total. The summed E-state index contributed by atoms with van der Waals surface area (Å²) >= 11 is 1.05. The summed E-state index contributed by atoms with van der Waals surface area (Å²) in [6.45, 7) is 2.08. The Labute approximate surface area is 124 Å². The van der Waals surface area contributed by atoms with Gasteiger partial charge >= 0.3 is 11.0 Å². The summed E-state index contributed by atoms with van der Waals surface area (Å²) in [4.78, 5) is 26.5. The smallest absolute Gasteiger partial charge is 0.338 e. The molecule has 0 bridgehead atoms. The van der Waals surface area contributed by atoms with E-state index in [4.69, 9.17) is 4.74 Å². The van der Waals surface area contributed by atoms with Gasteiger partial charge in [0.15, 0.2) is 0 Å². The molecule has 0 radical (unpaired) electrons. The van der Waals surface area contributed by atoms with Crippen molar-refractivity contribution in [1.29, 1.82) is 0 Å². The highest BCUT2D eigenvalue weighted by Crippen LogP contribution is 2.23. The van der Waals surface area contributed by atoms with Crippen LogP contribution in [0.15, 0.2) is 41.4 Å². The molecule has 0 spiro atoms. The molecular weight excluding hydrogens is 292 g/mol. The zero-order valence-electron chi connectivity index (χ0n) is 11.2. The van der Waals surface area contributed by atoms with Crippen LogP contribution in [0.1, 0.15) is 22.2 Å². The van der Waals surface area contributed by atoms with Crippen LogP contribution in [-0.4, -0.2) is 23.7 Å².